The summed E-state index contributed by atoms with van der Waals surface area (Å²) in [5.41, 5.74) is -0.689. The number of rotatable bonds is 13. The van der Waals surface area contributed by atoms with Crippen LogP contribution in [0.2, 0.25) is 6.04 Å². The fraction of sp³-hybridized carbons (Fsp3) is 1.00. The molecule has 0 rings (SSSR count). The predicted octanol–water partition coefficient (Wildman–Crippen LogP) is 4.02. The van der Waals surface area contributed by atoms with Gasteiger partial charge in [0.15, 0.2) is 0 Å². The molecule has 0 saturated heterocycles. The minimum absolute atomic E-state index is 0.608. The van der Waals surface area contributed by atoms with Crippen LogP contribution in [0.25, 0.3) is 0 Å². The van der Waals surface area contributed by atoms with Gasteiger partial charge >= 0.3 is 8.56 Å². The zero-order valence-electron chi connectivity index (χ0n) is 14.3. The van der Waals surface area contributed by atoms with Gasteiger partial charge in [-0.3, -0.25) is 0 Å². The van der Waals surface area contributed by atoms with Gasteiger partial charge in [-0.05, 0) is 26.3 Å². The second-order valence-electron chi connectivity index (χ2n) is 4.99. The molecule has 0 saturated carbocycles. The van der Waals surface area contributed by atoms with E-state index in [0.717, 1.165) is 25.3 Å². The quantitative estimate of drug-likeness (QED) is 0.292. The average Bonchev–Trinajstić information content (AvgIpc) is 2.45. The van der Waals surface area contributed by atoms with Crippen LogP contribution in [0, 0.1) is 0 Å². The Morgan fingerprint density at radius 3 is 1.70 bits per heavy atom. The lowest BCUT2D eigenvalue weighted by Gasteiger charge is -2.44. The lowest BCUT2D eigenvalue weighted by atomic mass is 10.2. The first-order valence-corrected chi connectivity index (χ1v) is 10.0. The summed E-state index contributed by atoms with van der Waals surface area (Å²) < 4.78 is 24.0. The Morgan fingerprint density at radius 2 is 1.35 bits per heavy atom. The van der Waals surface area contributed by atoms with E-state index in [1.54, 1.807) is 14.2 Å². The first-order valence-electron chi connectivity index (χ1n) is 8.00. The third kappa shape index (κ3) is 4.81. The molecule has 0 unspecified atom stereocenters. The van der Waals surface area contributed by atoms with E-state index in [1.165, 1.54) is 12.8 Å². The van der Waals surface area contributed by atoms with Crippen molar-refractivity contribution in [2.45, 2.75) is 71.3 Å². The van der Waals surface area contributed by atoms with Gasteiger partial charge in [0, 0.05) is 33.9 Å². The zero-order valence-corrected chi connectivity index (χ0v) is 15.3. The van der Waals surface area contributed by atoms with Gasteiger partial charge in [0.2, 0.25) is 5.41 Å². The highest BCUT2D eigenvalue weighted by molar-refractivity contribution is 6.70. The van der Waals surface area contributed by atoms with Crippen molar-refractivity contribution in [2.75, 3.05) is 27.4 Å². The van der Waals surface area contributed by atoms with Crippen molar-refractivity contribution in [2.24, 2.45) is 0 Å². The summed E-state index contributed by atoms with van der Waals surface area (Å²) in [4.78, 5) is 0. The fourth-order valence-corrected chi connectivity index (χ4v) is 6.31. The van der Waals surface area contributed by atoms with E-state index in [0.29, 0.717) is 13.2 Å². The lowest BCUT2D eigenvalue weighted by Crippen LogP contribution is -2.65. The number of hydrogen-bond donors (Lipinski definition) is 0. The van der Waals surface area contributed by atoms with Crippen LogP contribution in [0.1, 0.15) is 59.8 Å². The molecule has 0 aliphatic rings. The van der Waals surface area contributed by atoms with Crippen molar-refractivity contribution in [1.82, 2.24) is 0 Å². The summed E-state index contributed by atoms with van der Waals surface area (Å²) in [6, 6.07) is 0.881. The molecule has 0 aliphatic carbocycles. The molecule has 0 fully saturated rings. The van der Waals surface area contributed by atoms with Crippen molar-refractivity contribution in [1.29, 1.82) is 0 Å². The van der Waals surface area contributed by atoms with E-state index in [2.05, 4.69) is 13.8 Å². The van der Waals surface area contributed by atoms with Gasteiger partial charge in [0.25, 0.3) is 0 Å². The second-order valence-corrected chi connectivity index (χ2v) is 8.57. The van der Waals surface area contributed by atoms with Crippen LogP contribution >= 0.6 is 0 Å². The summed E-state index contributed by atoms with van der Waals surface area (Å²) in [5, 5.41) is 0. The minimum atomic E-state index is -2.56. The molecule has 5 heteroatoms. The Morgan fingerprint density at radius 1 is 0.800 bits per heavy atom. The van der Waals surface area contributed by atoms with Crippen LogP contribution in [-0.4, -0.2) is 41.4 Å². The molecule has 0 N–H and O–H groups in total. The maximum atomic E-state index is 6.11. The first kappa shape index (κ1) is 20.1. The molecule has 0 amide bonds. The van der Waals surface area contributed by atoms with E-state index in [-0.39, 0.29) is 0 Å². The smallest absolute Gasteiger partial charge is 0.395 e. The summed E-state index contributed by atoms with van der Waals surface area (Å²) in [7, 11) is 0.909. The molecule has 0 atom stereocenters. The number of unbranched alkanes of at least 4 members (excludes halogenated alkanes) is 2. The van der Waals surface area contributed by atoms with Crippen LogP contribution in [0.3, 0.4) is 0 Å². The molecule has 0 aromatic heterocycles. The molecule has 0 aliphatic heterocycles. The fourth-order valence-electron chi connectivity index (χ4n) is 2.79. The highest BCUT2D eigenvalue weighted by Crippen LogP contribution is 2.36. The molecule has 0 aromatic carbocycles. The predicted molar refractivity (Wildman–Crippen MR) is 85.0 cm³/mol. The van der Waals surface area contributed by atoms with E-state index in [4.69, 9.17) is 18.3 Å². The summed E-state index contributed by atoms with van der Waals surface area (Å²) in [6.45, 7) is 9.57. The van der Waals surface area contributed by atoms with Crippen LogP contribution < -0.4 is 0 Å². The average molecular weight is 307 g/mol. The topological polar surface area (TPSA) is 36.9 Å². The van der Waals surface area contributed by atoms with Crippen LogP contribution in [-0.2, 0) is 18.3 Å². The summed E-state index contributed by atoms with van der Waals surface area (Å²) in [5.74, 6) is 0. The van der Waals surface area contributed by atoms with Crippen LogP contribution in [0.5, 0.6) is 0 Å². The van der Waals surface area contributed by atoms with Crippen molar-refractivity contribution in [3.8, 4) is 0 Å². The Kier molecular flexibility index (Phi) is 10.8. The third-order valence-corrected chi connectivity index (χ3v) is 7.86. The monoisotopic (exact) mass is 306 g/mol. The molecule has 0 aromatic rings. The van der Waals surface area contributed by atoms with E-state index in [1.807, 2.05) is 13.8 Å². The van der Waals surface area contributed by atoms with Crippen molar-refractivity contribution in [3.63, 3.8) is 0 Å². The SMILES string of the molecule is CCCCCC(OCC)(OCC)[Si](CCC)(OC)OC. The summed E-state index contributed by atoms with van der Waals surface area (Å²) >= 11 is 0. The molecule has 0 spiro atoms. The Labute approximate surface area is 126 Å². The summed E-state index contributed by atoms with van der Waals surface area (Å²) in [6.07, 6.45) is 5.27. The van der Waals surface area contributed by atoms with Gasteiger partial charge in [-0.2, -0.15) is 0 Å². The Hall–Kier alpha value is 0.0569. The highest BCUT2D eigenvalue weighted by Gasteiger charge is 2.58. The van der Waals surface area contributed by atoms with Crippen LogP contribution in [0.4, 0.5) is 0 Å². The zero-order chi connectivity index (χ0) is 15.5. The van der Waals surface area contributed by atoms with Gasteiger partial charge in [0.05, 0.1) is 0 Å². The first-order chi connectivity index (χ1) is 9.61. The Bertz CT molecular complexity index is 226. The maximum Gasteiger partial charge on any atom is 0.399 e. The normalized spacial score (nSPS) is 12.9. The maximum absolute atomic E-state index is 6.11. The number of ether oxygens (including phenoxy) is 2. The Balaban J connectivity index is 5.36. The van der Waals surface area contributed by atoms with E-state index >= 15 is 0 Å². The standard InChI is InChI=1S/C15H34O4Si/c1-7-11-12-13-15(18-9-3,19-10-4)20(16-5,17-6)14-8-2/h7-14H2,1-6H3. The molecular weight excluding hydrogens is 272 g/mol. The molecule has 122 valence electrons. The van der Waals surface area contributed by atoms with E-state index in [9.17, 15) is 0 Å². The van der Waals surface area contributed by atoms with Crippen molar-refractivity contribution >= 4 is 8.56 Å². The largest absolute Gasteiger partial charge is 0.399 e. The number of hydrogen-bond acceptors (Lipinski definition) is 4. The van der Waals surface area contributed by atoms with Gasteiger partial charge in [-0.15, -0.1) is 0 Å². The minimum Gasteiger partial charge on any atom is -0.395 e. The third-order valence-electron chi connectivity index (χ3n) is 3.68. The van der Waals surface area contributed by atoms with E-state index < -0.39 is 14.0 Å². The van der Waals surface area contributed by atoms with Gasteiger partial charge in [0.1, 0.15) is 0 Å². The van der Waals surface area contributed by atoms with Crippen LogP contribution in [0.15, 0.2) is 0 Å². The second kappa shape index (κ2) is 10.7. The van der Waals surface area contributed by atoms with Gasteiger partial charge in [-0.1, -0.05) is 33.1 Å². The van der Waals surface area contributed by atoms with Crippen molar-refractivity contribution < 1.29 is 18.3 Å². The highest BCUT2D eigenvalue weighted by atomic mass is 28.4. The van der Waals surface area contributed by atoms with Gasteiger partial charge in [-0.25, -0.2) is 0 Å². The van der Waals surface area contributed by atoms with Crippen molar-refractivity contribution in [3.05, 3.63) is 0 Å². The molecule has 4 nitrogen and oxygen atoms in total. The molecule has 20 heavy (non-hydrogen) atoms. The lowest BCUT2D eigenvalue weighted by molar-refractivity contribution is -0.206. The van der Waals surface area contributed by atoms with Gasteiger partial charge < -0.3 is 18.3 Å². The molecular formula is C15H34O4Si. The molecule has 0 radical (unpaired) electrons. The molecule has 0 heterocycles. The molecule has 0 bridgehead atoms.